The molecular formula is C11H14F2N4O2. The fourth-order valence-electron chi connectivity index (χ4n) is 2.42. The number of aromatic nitrogens is 2. The van der Waals surface area contributed by atoms with Crippen LogP contribution >= 0.6 is 0 Å². The molecule has 0 radical (unpaired) electrons. The summed E-state index contributed by atoms with van der Waals surface area (Å²) in [4.78, 5) is 12.7. The summed E-state index contributed by atoms with van der Waals surface area (Å²) in [5, 5.41) is 4.00. The number of fused-ring (bicyclic) bond motifs is 1. The van der Waals surface area contributed by atoms with Crippen LogP contribution in [0.5, 0.6) is 5.88 Å². The molecule has 1 aromatic rings. The van der Waals surface area contributed by atoms with Gasteiger partial charge in [0.25, 0.3) is 11.8 Å². The molecule has 1 saturated heterocycles. The summed E-state index contributed by atoms with van der Waals surface area (Å²) in [6.45, 7) is 0.640. The summed E-state index contributed by atoms with van der Waals surface area (Å²) in [7, 11) is 0. The standard InChI is InChI=1S/C11H14F2N4O2/c12-11(13)5-16(6-11)4-7-1-2-17-9(19-7)3-8(15-17)10(14)18/h3,7H,1-2,4-6H2,(H2,14,18). The Morgan fingerprint density at radius 1 is 1.58 bits per heavy atom. The number of hydrogen-bond acceptors (Lipinski definition) is 4. The van der Waals surface area contributed by atoms with Crippen molar-refractivity contribution in [2.75, 3.05) is 19.6 Å². The zero-order valence-electron chi connectivity index (χ0n) is 10.2. The normalized spacial score (nSPS) is 25.3. The maximum absolute atomic E-state index is 12.7. The van der Waals surface area contributed by atoms with Crippen LogP contribution in [-0.2, 0) is 6.54 Å². The maximum Gasteiger partial charge on any atom is 0.272 e. The molecule has 1 amide bonds. The lowest BCUT2D eigenvalue weighted by Crippen LogP contribution is -2.58. The van der Waals surface area contributed by atoms with Crippen molar-refractivity contribution in [3.8, 4) is 5.88 Å². The Hall–Kier alpha value is -1.70. The van der Waals surface area contributed by atoms with Crippen molar-refractivity contribution in [2.45, 2.75) is 25.0 Å². The number of rotatable bonds is 3. The van der Waals surface area contributed by atoms with E-state index in [0.717, 1.165) is 0 Å². The summed E-state index contributed by atoms with van der Waals surface area (Å²) in [6, 6.07) is 1.49. The van der Waals surface area contributed by atoms with Gasteiger partial charge in [-0.05, 0) is 0 Å². The lowest BCUT2D eigenvalue weighted by atomic mass is 10.1. The van der Waals surface area contributed by atoms with E-state index in [0.29, 0.717) is 25.4 Å². The number of likely N-dealkylation sites (tertiary alicyclic amines) is 1. The van der Waals surface area contributed by atoms with Crippen LogP contribution < -0.4 is 10.5 Å². The molecule has 0 bridgehead atoms. The van der Waals surface area contributed by atoms with E-state index in [4.69, 9.17) is 10.5 Å². The van der Waals surface area contributed by atoms with Gasteiger partial charge in [-0.25, -0.2) is 13.5 Å². The molecule has 2 aliphatic rings. The molecule has 0 spiro atoms. The molecule has 1 unspecified atom stereocenters. The minimum atomic E-state index is -2.56. The van der Waals surface area contributed by atoms with Crippen molar-refractivity contribution in [3.63, 3.8) is 0 Å². The Morgan fingerprint density at radius 2 is 2.32 bits per heavy atom. The minimum Gasteiger partial charge on any atom is -0.473 e. The van der Waals surface area contributed by atoms with Crippen LogP contribution in [0.15, 0.2) is 6.07 Å². The highest BCUT2D eigenvalue weighted by Gasteiger charge is 2.44. The third-order valence-electron chi connectivity index (χ3n) is 3.32. The van der Waals surface area contributed by atoms with Gasteiger partial charge in [-0.1, -0.05) is 0 Å². The van der Waals surface area contributed by atoms with Gasteiger partial charge < -0.3 is 10.5 Å². The van der Waals surface area contributed by atoms with Gasteiger partial charge in [0.15, 0.2) is 5.69 Å². The average Bonchev–Trinajstić information content (AvgIpc) is 2.69. The van der Waals surface area contributed by atoms with Gasteiger partial charge >= 0.3 is 0 Å². The second-order valence-electron chi connectivity index (χ2n) is 5.01. The van der Waals surface area contributed by atoms with E-state index in [9.17, 15) is 13.6 Å². The van der Waals surface area contributed by atoms with E-state index in [1.807, 2.05) is 0 Å². The van der Waals surface area contributed by atoms with Crippen molar-refractivity contribution < 1.29 is 18.3 Å². The van der Waals surface area contributed by atoms with Crippen LogP contribution in [0.3, 0.4) is 0 Å². The Labute approximate surface area is 108 Å². The summed E-state index contributed by atoms with van der Waals surface area (Å²) in [5.41, 5.74) is 5.30. The van der Waals surface area contributed by atoms with Gasteiger partial charge in [-0.2, -0.15) is 5.10 Å². The summed E-state index contributed by atoms with van der Waals surface area (Å²) in [5.74, 6) is -2.70. The number of primary amides is 1. The molecule has 104 valence electrons. The van der Waals surface area contributed by atoms with E-state index in [-0.39, 0.29) is 24.9 Å². The molecule has 0 aromatic carbocycles. The first-order valence-electron chi connectivity index (χ1n) is 6.07. The van der Waals surface area contributed by atoms with Crippen LogP contribution in [0, 0.1) is 0 Å². The third kappa shape index (κ3) is 2.40. The molecule has 2 N–H and O–H groups in total. The number of amides is 1. The predicted molar refractivity (Wildman–Crippen MR) is 61.2 cm³/mol. The third-order valence-corrected chi connectivity index (χ3v) is 3.32. The lowest BCUT2D eigenvalue weighted by Gasteiger charge is -2.41. The molecule has 1 fully saturated rings. The largest absolute Gasteiger partial charge is 0.473 e. The summed E-state index contributed by atoms with van der Waals surface area (Å²) in [6.07, 6.45) is 0.524. The number of carbonyl (C=O) groups is 1. The number of aryl methyl sites for hydroxylation is 1. The van der Waals surface area contributed by atoms with Crippen LogP contribution in [0.25, 0.3) is 0 Å². The molecule has 3 heterocycles. The van der Waals surface area contributed by atoms with Gasteiger partial charge in [0, 0.05) is 25.6 Å². The highest BCUT2D eigenvalue weighted by Crippen LogP contribution is 2.29. The Kier molecular flexibility index (Phi) is 2.70. The Morgan fingerprint density at radius 3 is 2.95 bits per heavy atom. The minimum absolute atomic E-state index is 0.152. The van der Waals surface area contributed by atoms with Gasteiger partial charge in [0.05, 0.1) is 13.1 Å². The zero-order chi connectivity index (χ0) is 13.6. The number of ether oxygens (including phenoxy) is 1. The summed E-state index contributed by atoms with van der Waals surface area (Å²) >= 11 is 0. The zero-order valence-corrected chi connectivity index (χ0v) is 10.2. The molecule has 8 heteroatoms. The highest BCUT2D eigenvalue weighted by molar-refractivity contribution is 5.91. The maximum atomic E-state index is 12.7. The van der Waals surface area contributed by atoms with Gasteiger partial charge in [0.2, 0.25) is 5.88 Å². The average molecular weight is 272 g/mol. The van der Waals surface area contributed by atoms with E-state index < -0.39 is 11.8 Å². The van der Waals surface area contributed by atoms with E-state index in [1.54, 1.807) is 9.58 Å². The molecule has 19 heavy (non-hydrogen) atoms. The fraction of sp³-hybridized carbons (Fsp3) is 0.636. The number of hydrogen-bond donors (Lipinski definition) is 1. The number of alkyl halides is 2. The van der Waals surface area contributed by atoms with Crippen molar-refractivity contribution in [1.82, 2.24) is 14.7 Å². The number of nitrogens with two attached hydrogens (primary N) is 1. The molecule has 1 atom stereocenters. The van der Waals surface area contributed by atoms with E-state index >= 15 is 0 Å². The van der Waals surface area contributed by atoms with Crippen LogP contribution in [0.1, 0.15) is 16.9 Å². The van der Waals surface area contributed by atoms with Crippen LogP contribution in [0.2, 0.25) is 0 Å². The summed E-state index contributed by atoms with van der Waals surface area (Å²) < 4.78 is 32.7. The predicted octanol–water partition coefficient (Wildman–Crippen LogP) is 0.0840. The first-order valence-corrected chi connectivity index (χ1v) is 6.07. The van der Waals surface area contributed by atoms with Crippen molar-refractivity contribution >= 4 is 5.91 Å². The smallest absolute Gasteiger partial charge is 0.272 e. The van der Waals surface area contributed by atoms with Gasteiger partial charge in [0.1, 0.15) is 6.10 Å². The number of halogens is 2. The molecule has 1 aromatic heterocycles. The molecule has 6 nitrogen and oxygen atoms in total. The van der Waals surface area contributed by atoms with Crippen molar-refractivity contribution in [2.24, 2.45) is 5.73 Å². The van der Waals surface area contributed by atoms with E-state index in [2.05, 4.69) is 5.10 Å². The number of carbonyl (C=O) groups excluding carboxylic acids is 1. The quantitative estimate of drug-likeness (QED) is 0.846. The van der Waals surface area contributed by atoms with Gasteiger partial charge in [-0.3, -0.25) is 9.69 Å². The first-order chi connectivity index (χ1) is 8.93. The molecular weight excluding hydrogens is 258 g/mol. The van der Waals surface area contributed by atoms with Crippen molar-refractivity contribution in [1.29, 1.82) is 0 Å². The van der Waals surface area contributed by atoms with Gasteiger partial charge in [-0.15, -0.1) is 0 Å². The molecule has 0 saturated carbocycles. The molecule has 2 aliphatic heterocycles. The second-order valence-corrected chi connectivity index (χ2v) is 5.01. The SMILES string of the molecule is NC(=O)c1cc2n(n1)CCC(CN1CC(F)(F)C1)O2. The van der Waals surface area contributed by atoms with Crippen molar-refractivity contribution in [3.05, 3.63) is 11.8 Å². The van der Waals surface area contributed by atoms with Crippen LogP contribution in [-0.4, -0.2) is 52.2 Å². The lowest BCUT2D eigenvalue weighted by molar-refractivity contribution is -0.138. The monoisotopic (exact) mass is 272 g/mol. The highest BCUT2D eigenvalue weighted by atomic mass is 19.3. The Balaban J connectivity index is 1.61. The topological polar surface area (TPSA) is 73.4 Å². The number of nitrogens with zero attached hydrogens (tertiary/aromatic N) is 3. The second kappa shape index (κ2) is 4.16. The van der Waals surface area contributed by atoms with Crippen LogP contribution in [0.4, 0.5) is 8.78 Å². The molecule has 3 rings (SSSR count). The van der Waals surface area contributed by atoms with E-state index in [1.165, 1.54) is 6.07 Å². The Bertz CT molecular complexity index is 509. The molecule has 0 aliphatic carbocycles. The fourth-order valence-corrected chi connectivity index (χ4v) is 2.42. The first kappa shape index (κ1) is 12.3.